The molecule has 1 unspecified atom stereocenters. The van der Waals surface area contributed by atoms with Crippen LogP contribution >= 0.6 is 0 Å². The molecule has 1 aliphatic rings. The van der Waals surface area contributed by atoms with Gasteiger partial charge in [-0.25, -0.2) is 0 Å². The monoisotopic (exact) mass is 271 g/mol. The van der Waals surface area contributed by atoms with Crippen LogP contribution in [0, 0.1) is 5.92 Å². The van der Waals surface area contributed by atoms with Gasteiger partial charge in [-0.2, -0.15) is 0 Å². The van der Waals surface area contributed by atoms with E-state index in [0.29, 0.717) is 5.92 Å². The normalized spacial score (nSPS) is 20.1. The third kappa shape index (κ3) is 2.70. The van der Waals surface area contributed by atoms with Crippen molar-refractivity contribution in [3.63, 3.8) is 0 Å². The number of nitrogens with zero attached hydrogens (tertiary/aromatic N) is 1. The fourth-order valence-electron chi connectivity index (χ4n) is 3.03. The minimum absolute atomic E-state index is 0.0238. The SMILES string of the molecule is CN1CCCC(CNC(=O)c2c[nH]c3ccccc23)C1. The number of aromatic nitrogens is 1. The number of carbonyl (C=O) groups is 1. The summed E-state index contributed by atoms with van der Waals surface area (Å²) in [5, 5.41) is 4.07. The Kier molecular flexibility index (Phi) is 3.74. The molecule has 2 aromatic rings. The molecule has 3 rings (SSSR count). The van der Waals surface area contributed by atoms with Crippen LogP contribution in [0.4, 0.5) is 0 Å². The van der Waals surface area contributed by atoms with Gasteiger partial charge in [0.25, 0.3) is 5.91 Å². The first kappa shape index (κ1) is 13.2. The van der Waals surface area contributed by atoms with E-state index in [1.54, 1.807) is 6.20 Å². The second kappa shape index (κ2) is 5.67. The van der Waals surface area contributed by atoms with Gasteiger partial charge >= 0.3 is 0 Å². The maximum atomic E-state index is 12.3. The summed E-state index contributed by atoms with van der Waals surface area (Å²) in [6.07, 6.45) is 4.23. The summed E-state index contributed by atoms with van der Waals surface area (Å²) in [4.78, 5) is 17.8. The van der Waals surface area contributed by atoms with Crippen LogP contribution in [0.1, 0.15) is 23.2 Å². The van der Waals surface area contributed by atoms with Crippen molar-refractivity contribution in [3.05, 3.63) is 36.0 Å². The number of benzene rings is 1. The molecule has 1 fully saturated rings. The summed E-state index contributed by atoms with van der Waals surface area (Å²) in [5.41, 5.74) is 1.75. The van der Waals surface area contributed by atoms with Crippen LogP contribution in [0.3, 0.4) is 0 Å². The van der Waals surface area contributed by atoms with Gasteiger partial charge < -0.3 is 15.2 Å². The highest BCUT2D eigenvalue weighted by Crippen LogP contribution is 2.18. The Morgan fingerprint density at radius 1 is 1.45 bits per heavy atom. The number of aromatic amines is 1. The van der Waals surface area contributed by atoms with Crippen molar-refractivity contribution < 1.29 is 4.79 Å². The van der Waals surface area contributed by atoms with E-state index in [1.165, 1.54) is 19.4 Å². The number of hydrogen-bond donors (Lipinski definition) is 2. The summed E-state index contributed by atoms with van der Waals surface area (Å²) in [6.45, 7) is 3.02. The fraction of sp³-hybridized carbons (Fsp3) is 0.438. The van der Waals surface area contributed by atoms with Crippen LogP contribution in [-0.4, -0.2) is 42.5 Å². The Morgan fingerprint density at radius 2 is 2.30 bits per heavy atom. The summed E-state index contributed by atoms with van der Waals surface area (Å²) in [6, 6.07) is 7.90. The van der Waals surface area contributed by atoms with Crippen LogP contribution in [0.5, 0.6) is 0 Å². The Morgan fingerprint density at radius 3 is 3.15 bits per heavy atom. The van der Waals surface area contributed by atoms with E-state index in [0.717, 1.165) is 29.6 Å². The second-order valence-electron chi connectivity index (χ2n) is 5.73. The topological polar surface area (TPSA) is 48.1 Å². The zero-order valence-corrected chi connectivity index (χ0v) is 11.9. The van der Waals surface area contributed by atoms with E-state index in [1.807, 2.05) is 24.3 Å². The van der Waals surface area contributed by atoms with Gasteiger partial charge in [0.15, 0.2) is 0 Å². The average Bonchev–Trinajstić information content (AvgIpc) is 2.89. The molecule has 0 aliphatic carbocycles. The van der Waals surface area contributed by atoms with Gasteiger partial charge in [-0.3, -0.25) is 4.79 Å². The quantitative estimate of drug-likeness (QED) is 0.899. The third-order valence-corrected chi connectivity index (χ3v) is 4.11. The lowest BCUT2D eigenvalue weighted by atomic mass is 9.98. The number of para-hydroxylation sites is 1. The Hall–Kier alpha value is -1.81. The zero-order valence-electron chi connectivity index (χ0n) is 11.9. The molecule has 1 atom stereocenters. The molecule has 2 heterocycles. The van der Waals surface area contributed by atoms with E-state index >= 15 is 0 Å². The van der Waals surface area contributed by atoms with E-state index < -0.39 is 0 Å². The van der Waals surface area contributed by atoms with Crippen LogP contribution in [0.25, 0.3) is 10.9 Å². The van der Waals surface area contributed by atoms with Gasteiger partial charge in [-0.15, -0.1) is 0 Å². The molecule has 1 aromatic carbocycles. The van der Waals surface area contributed by atoms with Gasteiger partial charge in [-0.05, 0) is 38.4 Å². The van der Waals surface area contributed by atoms with E-state index in [-0.39, 0.29) is 5.91 Å². The first-order valence-electron chi connectivity index (χ1n) is 7.27. The number of fused-ring (bicyclic) bond motifs is 1. The van der Waals surface area contributed by atoms with Crippen molar-refractivity contribution in [2.75, 3.05) is 26.7 Å². The number of H-pyrrole nitrogens is 1. The smallest absolute Gasteiger partial charge is 0.253 e. The van der Waals surface area contributed by atoms with E-state index in [9.17, 15) is 4.79 Å². The maximum Gasteiger partial charge on any atom is 0.253 e. The molecule has 4 nitrogen and oxygen atoms in total. The van der Waals surface area contributed by atoms with Crippen molar-refractivity contribution in [1.82, 2.24) is 15.2 Å². The van der Waals surface area contributed by atoms with Crippen LogP contribution in [-0.2, 0) is 0 Å². The number of piperidine rings is 1. The molecule has 4 heteroatoms. The second-order valence-corrected chi connectivity index (χ2v) is 5.73. The molecule has 0 spiro atoms. The highest BCUT2D eigenvalue weighted by atomic mass is 16.1. The number of amides is 1. The number of likely N-dealkylation sites (tertiary alicyclic amines) is 1. The van der Waals surface area contributed by atoms with Crippen molar-refractivity contribution in [2.24, 2.45) is 5.92 Å². The Balaban J connectivity index is 1.64. The molecule has 0 radical (unpaired) electrons. The molecule has 1 aliphatic heterocycles. The van der Waals surface area contributed by atoms with Gasteiger partial charge in [0, 0.05) is 30.2 Å². The first-order valence-corrected chi connectivity index (χ1v) is 7.27. The maximum absolute atomic E-state index is 12.3. The number of rotatable bonds is 3. The molecule has 0 saturated carbocycles. The predicted octanol–water partition coefficient (Wildman–Crippen LogP) is 2.24. The van der Waals surface area contributed by atoms with Crippen LogP contribution < -0.4 is 5.32 Å². The van der Waals surface area contributed by atoms with Crippen molar-refractivity contribution in [1.29, 1.82) is 0 Å². The van der Waals surface area contributed by atoms with Gasteiger partial charge in [-0.1, -0.05) is 18.2 Å². The standard InChI is InChI=1S/C16H21N3O/c1-19-8-4-5-12(11-19)9-18-16(20)14-10-17-15-7-3-2-6-13(14)15/h2-3,6-7,10,12,17H,4-5,8-9,11H2,1H3,(H,18,20). The van der Waals surface area contributed by atoms with Crippen molar-refractivity contribution >= 4 is 16.8 Å². The number of nitrogens with one attached hydrogen (secondary N) is 2. The highest BCUT2D eigenvalue weighted by Gasteiger charge is 2.18. The first-order chi connectivity index (χ1) is 9.74. The van der Waals surface area contributed by atoms with Crippen molar-refractivity contribution in [2.45, 2.75) is 12.8 Å². The summed E-state index contributed by atoms with van der Waals surface area (Å²) >= 11 is 0. The highest BCUT2D eigenvalue weighted by molar-refractivity contribution is 6.06. The molecule has 1 saturated heterocycles. The molecule has 106 valence electrons. The lowest BCUT2D eigenvalue weighted by Gasteiger charge is -2.29. The molecule has 20 heavy (non-hydrogen) atoms. The lowest BCUT2D eigenvalue weighted by Crippen LogP contribution is -2.39. The molecule has 2 N–H and O–H groups in total. The number of hydrogen-bond acceptors (Lipinski definition) is 2. The van der Waals surface area contributed by atoms with E-state index in [4.69, 9.17) is 0 Å². The van der Waals surface area contributed by atoms with Crippen molar-refractivity contribution in [3.8, 4) is 0 Å². The predicted molar refractivity (Wildman–Crippen MR) is 80.9 cm³/mol. The molecular formula is C16H21N3O. The summed E-state index contributed by atoms with van der Waals surface area (Å²) in [5.74, 6) is 0.596. The van der Waals surface area contributed by atoms with Gasteiger partial charge in [0.2, 0.25) is 0 Å². The molecule has 0 bridgehead atoms. The molecule has 1 amide bonds. The van der Waals surface area contributed by atoms with E-state index in [2.05, 4.69) is 22.2 Å². The minimum atomic E-state index is 0.0238. The molecule has 1 aromatic heterocycles. The molecular weight excluding hydrogens is 250 g/mol. The number of carbonyl (C=O) groups excluding carboxylic acids is 1. The van der Waals surface area contributed by atoms with Gasteiger partial charge in [0.1, 0.15) is 0 Å². The summed E-state index contributed by atoms with van der Waals surface area (Å²) in [7, 11) is 2.15. The summed E-state index contributed by atoms with van der Waals surface area (Å²) < 4.78 is 0. The largest absolute Gasteiger partial charge is 0.360 e. The van der Waals surface area contributed by atoms with Crippen LogP contribution in [0.15, 0.2) is 30.5 Å². The van der Waals surface area contributed by atoms with Crippen LogP contribution in [0.2, 0.25) is 0 Å². The zero-order chi connectivity index (χ0) is 13.9. The average molecular weight is 271 g/mol. The Labute approximate surface area is 119 Å². The fourth-order valence-corrected chi connectivity index (χ4v) is 3.03. The minimum Gasteiger partial charge on any atom is -0.360 e. The lowest BCUT2D eigenvalue weighted by molar-refractivity contribution is 0.0938. The third-order valence-electron chi connectivity index (χ3n) is 4.11. The Bertz CT molecular complexity index is 605. The van der Waals surface area contributed by atoms with Gasteiger partial charge in [0.05, 0.1) is 5.56 Å².